The Balaban J connectivity index is 1.59. The molecular formula is C25H25N3O4S. The second-order valence-corrected chi connectivity index (χ2v) is 9.69. The molecule has 33 heavy (non-hydrogen) atoms. The van der Waals surface area contributed by atoms with Crippen molar-refractivity contribution in [3.8, 4) is 0 Å². The van der Waals surface area contributed by atoms with Crippen molar-refractivity contribution in [3.05, 3.63) is 89.0 Å². The first kappa shape index (κ1) is 22.5. The van der Waals surface area contributed by atoms with E-state index in [0.717, 1.165) is 11.1 Å². The Morgan fingerprint density at radius 3 is 2.48 bits per heavy atom. The van der Waals surface area contributed by atoms with Crippen molar-refractivity contribution in [2.24, 2.45) is 0 Å². The zero-order chi connectivity index (χ0) is 23.6. The van der Waals surface area contributed by atoms with Crippen molar-refractivity contribution >= 4 is 33.2 Å². The van der Waals surface area contributed by atoms with E-state index in [1.165, 1.54) is 16.4 Å². The summed E-state index contributed by atoms with van der Waals surface area (Å²) in [7, 11) is -3.81. The molecule has 2 amide bonds. The maximum atomic E-state index is 13.3. The van der Waals surface area contributed by atoms with Crippen LogP contribution in [0.5, 0.6) is 0 Å². The maximum absolute atomic E-state index is 13.3. The van der Waals surface area contributed by atoms with Gasteiger partial charge in [-0.3, -0.25) is 13.9 Å². The maximum Gasteiger partial charge on any atom is 0.264 e. The molecule has 0 atom stereocenters. The smallest absolute Gasteiger partial charge is 0.264 e. The molecule has 0 bridgehead atoms. The molecule has 0 saturated carbocycles. The fourth-order valence-corrected chi connectivity index (χ4v) is 5.39. The van der Waals surface area contributed by atoms with Gasteiger partial charge in [0, 0.05) is 29.9 Å². The van der Waals surface area contributed by atoms with E-state index in [9.17, 15) is 18.0 Å². The topological polar surface area (TPSA) is 95.6 Å². The Labute approximate surface area is 193 Å². The van der Waals surface area contributed by atoms with Crippen LogP contribution >= 0.6 is 0 Å². The molecule has 1 aliphatic heterocycles. The molecule has 1 aliphatic rings. The number of carbonyl (C=O) groups is 2. The number of anilines is 2. The third-order valence-corrected chi connectivity index (χ3v) is 7.42. The predicted octanol–water partition coefficient (Wildman–Crippen LogP) is 3.75. The number of sulfonamides is 1. The van der Waals surface area contributed by atoms with Crippen molar-refractivity contribution in [2.75, 3.05) is 22.7 Å². The molecule has 170 valence electrons. The van der Waals surface area contributed by atoms with Gasteiger partial charge in [0.2, 0.25) is 0 Å². The SMILES string of the molecule is CCNC(=O)c1ccc(C)c(NC(=O)c2cccc(S(=O)(=O)N3CCc4ccccc43)c2)c1. The van der Waals surface area contributed by atoms with Crippen LogP contribution in [0.1, 0.15) is 38.8 Å². The fourth-order valence-electron chi connectivity index (χ4n) is 3.84. The molecule has 0 aromatic heterocycles. The van der Waals surface area contributed by atoms with Gasteiger partial charge in [-0.05, 0) is 67.8 Å². The highest BCUT2D eigenvalue weighted by atomic mass is 32.2. The lowest BCUT2D eigenvalue weighted by Crippen LogP contribution is -2.29. The summed E-state index contributed by atoms with van der Waals surface area (Å²) < 4.78 is 28.0. The number of carbonyl (C=O) groups excluding carboxylic acids is 2. The summed E-state index contributed by atoms with van der Waals surface area (Å²) in [6, 6.07) is 18.5. The Morgan fingerprint density at radius 1 is 0.939 bits per heavy atom. The van der Waals surface area contributed by atoms with Crippen molar-refractivity contribution in [3.63, 3.8) is 0 Å². The quantitative estimate of drug-likeness (QED) is 0.582. The molecule has 1 heterocycles. The molecule has 0 spiro atoms. The summed E-state index contributed by atoms with van der Waals surface area (Å²) in [6.45, 7) is 4.51. The van der Waals surface area contributed by atoms with Gasteiger partial charge >= 0.3 is 0 Å². The highest BCUT2D eigenvalue weighted by molar-refractivity contribution is 7.92. The summed E-state index contributed by atoms with van der Waals surface area (Å²) in [5.74, 6) is -0.683. The van der Waals surface area contributed by atoms with E-state index in [1.807, 2.05) is 32.0 Å². The van der Waals surface area contributed by atoms with Gasteiger partial charge in [-0.2, -0.15) is 0 Å². The number of para-hydroxylation sites is 1. The first-order valence-corrected chi connectivity index (χ1v) is 12.2. The van der Waals surface area contributed by atoms with E-state index in [1.54, 1.807) is 36.4 Å². The van der Waals surface area contributed by atoms with Crippen molar-refractivity contribution in [1.29, 1.82) is 0 Å². The molecule has 0 aliphatic carbocycles. The van der Waals surface area contributed by atoms with Gasteiger partial charge in [0.1, 0.15) is 0 Å². The zero-order valence-corrected chi connectivity index (χ0v) is 19.3. The summed E-state index contributed by atoms with van der Waals surface area (Å²) in [6.07, 6.45) is 0.650. The normalized spacial score (nSPS) is 12.8. The minimum absolute atomic E-state index is 0.0552. The van der Waals surface area contributed by atoms with Gasteiger partial charge < -0.3 is 10.6 Å². The highest BCUT2D eigenvalue weighted by Gasteiger charge is 2.31. The van der Waals surface area contributed by atoms with Crippen molar-refractivity contribution in [2.45, 2.75) is 25.2 Å². The van der Waals surface area contributed by atoms with E-state index in [-0.39, 0.29) is 16.4 Å². The Hall–Kier alpha value is -3.65. The average Bonchev–Trinajstić information content (AvgIpc) is 3.26. The monoisotopic (exact) mass is 463 g/mol. The second kappa shape index (κ2) is 9.07. The van der Waals surface area contributed by atoms with Gasteiger partial charge in [0.15, 0.2) is 0 Å². The first-order chi connectivity index (χ1) is 15.8. The van der Waals surface area contributed by atoms with Crippen LogP contribution in [-0.2, 0) is 16.4 Å². The van der Waals surface area contributed by atoms with Crippen LogP contribution in [0.4, 0.5) is 11.4 Å². The molecule has 3 aromatic carbocycles. The molecule has 0 fully saturated rings. The van der Waals surface area contributed by atoms with Crippen LogP contribution in [0.15, 0.2) is 71.6 Å². The lowest BCUT2D eigenvalue weighted by atomic mass is 10.1. The van der Waals surface area contributed by atoms with Crippen LogP contribution < -0.4 is 14.9 Å². The molecule has 7 nitrogen and oxygen atoms in total. The lowest BCUT2D eigenvalue weighted by Gasteiger charge is -2.20. The standard InChI is InChI=1S/C25H25N3O4S/c1-3-26-24(29)20-12-11-17(2)22(16-20)27-25(30)19-8-6-9-21(15-19)33(31,32)28-14-13-18-7-4-5-10-23(18)28/h4-12,15-16H,3,13-14H2,1-2H3,(H,26,29)(H,27,30). The summed E-state index contributed by atoms with van der Waals surface area (Å²) in [4.78, 5) is 25.1. The molecule has 0 saturated heterocycles. The van der Waals surface area contributed by atoms with Crippen molar-refractivity contribution < 1.29 is 18.0 Å². The van der Waals surface area contributed by atoms with E-state index in [0.29, 0.717) is 36.4 Å². The van der Waals surface area contributed by atoms with E-state index < -0.39 is 15.9 Å². The molecular weight excluding hydrogens is 438 g/mol. The van der Waals surface area contributed by atoms with E-state index >= 15 is 0 Å². The van der Waals surface area contributed by atoms with Gasteiger partial charge in [-0.25, -0.2) is 8.42 Å². The largest absolute Gasteiger partial charge is 0.352 e. The Bertz CT molecular complexity index is 1330. The van der Waals surface area contributed by atoms with Crippen LogP contribution in [0.25, 0.3) is 0 Å². The Kier molecular flexibility index (Phi) is 6.20. The number of amides is 2. The van der Waals surface area contributed by atoms with Crippen LogP contribution in [0.2, 0.25) is 0 Å². The summed E-state index contributed by atoms with van der Waals surface area (Å²) in [5.41, 5.74) is 3.58. The predicted molar refractivity (Wildman–Crippen MR) is 128 cm³/mol. The number of fused-ring (bicyclic) bond motifs is 1. The second-order valence-electron chi connectivity index (χ2n) is 7.83. The third-order valence-electron chi connectivity index (χ3n) is 5.61. The molecule has 3 aromatic rings. The zero-order valence-electron chi connectivity index (χ0n) is 18.5. The van der Waals surface area contributed by atoms with E-state index in [2.05, 4.69) is 10.6 Å². The molecule has 0 radical (unpaired) electrons. The molecule has 4 rings (SSSR count). The number of hydrogen-bond acceptors (Lipinski definition) is 4. The summed E-state index contributed by atoms with van der Waals surface area (Å²) >= 11 is 0. The number of benzene rings is 3. The van der Waals surface area contributed by atoms with E-state index in [4.69, 9.17) is 0 Å². The minimum atomic E-state index is -3.81. The molecule has 2 N–H and O–H groups in total. The van der Waals surface area contributed by atoms with Crippen molar-refractivity contribution in [1.82, 2.24) is 5.32 Å². The highest BCUT2D eigenvalue weighted by Crippen LogP contribution is 2.32. The number of hydrogen-bond donors (Lipinski definition) is 2. The number of nitrogens with zero attached hydrogens (tertiary/aromatic N) is 1. The lowest BCUT2D eigenvalue weighted by molar-refractivity contribution is 0.0954. The van der Waals surface area contributed by atoms with Gasteiger partial charge in [0.25, 0.3) is 21.8 Å². The van der Waals surface area contributed by atoms with Crippen LogP contribution in [0.3, 0.4) is 0 Å². The van der Waals surface area contributed by atoms with Gasteiger partial charge in [0.05, 0.1) is 10.6 Å². The average molecular weight is 464 g/mol. The number of aryl methyl sites for hydroxylation is 1. The number of nitrogens with one attached hydrogen (secondary N) is 2. The van der Waals surface area contributed by atoms with Crippen LogP contribution in [0, 0.1) is 6.92 Å². The van der Waals surface area contributed by atoms with Gasteiger partial charge in [-0.15, -0.1) is 0 Å². The molecule has 8 heteroatoms. The van der Waals surface area contributed by atoms with Crippen LogP contribution in [-0.4, -0.2) is 33.3 Å². The third kappa shape index (κ3) is 4.47. The molecule has 0 unspecified atom stereocenters. The first-order valence-electron chi connectivity index (χ1n) is 10.7. The Morgan fingerprint density at radius 2 is 1.70 bits per heavy atom. The fraction of sp³-hybridized carbons (Fsp3) is 0.200. The van der Waals surface area contributed by atoms with Gasteiger partial charge in [-0.1, -0.05) is 30.3 Å². The minimum Gasteiger partial charge on any atom is -0.352 e. The number of rotatable bonds is 6. The summed E-state index contributed by atoms with van der Waals surface area (Å²) in [5, 5.41) is 5.53.